The molecule has 0 saturated carbocycles. The Labute approximate surface area is 230 Å². The first-order valence-corrected chi connectivity index (χ1v) is 13.6. The van der Waals surface area contributed by atoms with E-state index in [-0.39, 0.29) is 0 Å². The fraction of sp³-hybridized carbons (Fsp3) is 0.312. The Balaban J connectivity index is 0.000000158. The van der Waals surface area contributed by atoms with Crippen molar-refractivity contribution < 1.29 is 13.9 Å². The van der Waals surface area contributed by atoms with Gasteiger partial charge in [0.1, 0.15) is 0 Å². The third-order valence-corrected chi connectivity index (χ3v) is 7.07. The van der Waals surface area contributed by atoms with Gasteiger partial charge in [-0.05, 0) is 60.0 Å². The lowest BCUT2D eigenvalue weighted by atomic mass is 10.1. The minimum atomic E-state index is -0.450. The highest BCUT2D eigenvalue weighted by atomic mass is 19.1. The van der Waals surface area contributed by atoms with E-state index in [0.717, 1.165) is 75.8 Å². The van der Waals surface area contributed by atoms with Gasteiger partial charge in [-0.25, -0.2) is 4.98 Å². The molecule has 0 spiro atoms. The number of benzene rings is 2. The summed E-state index contributed by atoms with van der Waals surface area (Å²) in [5.41, 5.74) is 7.98. The van der Waals surface area contributed by atoms with E-state index in [1.807, 2.05) is 18.3 Å². The molecule has 0 bridgehead atoms. The molecule has 6 rings (SSSR count). The van der Waals surface area contributed by atoms with Gasteiger partial charge in [0.05, 0.1) is 26.4 Å². The van der Waals surface area contributed by atoms with Gasteiger partial charge in [-0.15, -0.1) is 0 Å². The Kier molecular flexibility index (Phi) is 9.14. The Morgan fingerprint density at radius 2 is 1.03 bits per heavy atom. The Morgan fingerprint density at radius 3 is 1.41 bits per heavy atom. The van der Waals surface area contributed by atoms with Crippen molar-refractivity contribution in [3.8, 4) is 22.3 Å². The molecule has 0 N–H and O–H groups in total. The lowest BCUT2D eigenvalue weighted by molar-refractivity contribution is 0.122. The SMILES string of the molecule is CCc1ccc(-c2ccc(N3CCOCC3)cc2)cn1.Fc1ccc(-c2ccc(N3CCOCC3)cc2)cn1. The summed E-state index contributed by atoms with van der Waals surface area (Å²) in [7, 11) is 0. The molecule has 0 radical (unpaired) electrons. The van der Waals surface area contributed by atoms with Crippen LogP contribution in [0, 0.1) is 5.95 Å². The predicted molar refractivity (Wildman–Crippen MR) is 155 cm³/mol. The van der Waals surface area contributed by atoms with Crippen molar-refractivity contribution in [2.24, 2.45) is 0 Å². The van der Waals surface area contributed by atoms with Gasteiger partial charge in [-0.1, -0.05) is 37.3 Å². The van der Waals surface area contributed by atoms with Gasteiger partial charge < -0.3 is 19.3 Å². The van der Waals surface area contributed by atoms with Crippen molar-refractivity contribution in [2.45, 2.75) is 13.3 Å². The molecule has 39 heavy (non-hydrogen) atoms. The quantitative estimate of drug-likeness (QED) is 0.303. The predicted octanol–water partition coefficient (Wildman–Crippen LogP) is 5.87. The maximum Gasteiger partial charge on any atom is 0.212 e. The van der Waals surface area contributed by atoms with Crippen LogP contribution in [0.1, 0.15) is 12.6 Å². The molecular weight excluding hydrogens is 491 g/mol. The summed E-state index contributed by atoms with van der Waals surface area (Å²) in [6, 6.07) is 24.4. The van der Waals surface area contributed by atoms with Crippen LogP contribution in [0.5, 0.6) is 0 Å². The average Bonchev–Trinajstić information content (AvgIpc) is 3.03. The highest BCUT2D eigenvalue weighted by Crippen LogP contribution is 2.24. The molecule has 0 atom stereocenters. The van der Waals surface area contributed by atoms with Crippen LogP contribution in [0.4, 0.5) is 15.8 Å². The molecule has 2 aromatic heterocycles. The summed E-state index contributed by atoms with van der Waals surface area (Å²) in [6.45, 7) is 9.15. The molecule has 0 amide bonds. The van der Waals surface area contributed by atoms with E-state index >= 15 is 0 Å². The Morgan fingerprint density at radius 1 is 0.590 bits per heavy atom. The van der Waals surface area contributed by atoms with E-state index in [9.17, 15) is 4.39 Å². The monoisotopic (exact) mass is 526 g/mol. The molecule has 4 heterocycles. The van der Waals surface area contributed by atoms with E-state index in [1.165, 1.54) is 28.6 Å². The van der Waals surface area contributed by atoms with Gasteiger partial charge in [0, 0.05) is 66.8 Å². The van der Waals surface area contributed by atoms with Crippen molar-refractivity contribution in [1.82, 2.24) is 9.97 Å². The van der Waals surface area contributed by atoms with Gasteiger partial charge in [-0.2, -0.15) is 4.39 Å². The molecule has 0 aliphatic carbocycles. The second-order valence-electron chi connectivity index (χ2n) is 9.55. The second kappa shape index (κ2) is 13.3. The third-order valence-electron chi connectivity index (χ3n) is 7.07. The fourth-order valence-electron chi connectivity index (χ4n) is 4.72. The number of ether oxygens (including phenoxy) is 2. The maximum atomic E-state index is 12.8. The number of pyridine rings is 2. The zero-order chi connectivity index (χ0) is 26.9. The van der Waals surface area contributed by atoms with Gasteiger partial charge in [-0.3, -0.25) is 4.98 Å². The summed E-state index contributed by atoms with van der Waals surface area (Å²) in [5.74, 6) is -0.450. The van der Waals surface area contributed by atoms with Crippen molar-refractivity contribution in [3.63, 3.8) is 0 Å². The summed E-state index contributed by atoms with van der Waals surface area (Å²) in [4.78, 5) is 12.8. The summed E-state index contributed by atoms with van der Waals surface area (Å²) in [5, 5.41) is 0. The third kappa shape index (κ3) is 7.19. The molecule has 7 heteroatoms. The molecular formula is C32H35FN4O2. The van der Waals surface area contributed by atoms with E-state index in [0.29, 0.717) is 0 Å². The molecule has 4 aromatic rings. The number of morpholine rings is 2. The van der Waals surface area contributed by atoms with Gasteiger partial charge in [0.25, 0.3) is 0 Å². The lowest BCUT2D eigenvalue weighted by Gasteiger charge is -2.28. The molecule has 2 aromatic carbocycles. The number of aromatic nitrogens is 2. The van der Waals surface area contributed by atoms with Crippen LogP contribution >= 0.6 is 0 Å². The molecule has 0 unspecified atom stereocenters. The molecule has 2 fully saturated rings. The van der Waals surface area contributed by atoms with Crippen LogP contribution in [0.2, 0.25) is 0 Å². The zero-order valence-corrected chi connectivity index (χ0v) is 22.4. The summed E-state index contributed by atoms with van der Waals surface area (Å²) >= 11 is 0. The van der Waals surface area contributed by atoms with E-state index in [2.05, 4.69) is 75.2 Å². The first kappa shape index (κ1) is 26.8. The highest BCUT2D eigenvalue weighted by Gasteiger charge is 2.12. The van der Waals surface area contributed by atoms with Crippen molar-refractivity contribution in [3.05, 3.63) is 96.8 Å². The molecule has 202 valence electrons. The molecule has 2 saturated heterocycles. The van der Waals surface area contributed by atoms with Crippen molar-refractivity contribution in [2.75, 3.05) is 62.4 Å². The Hall–Kier alpha value is -3.81. The zero-order valence-electron chi connectivity index (χ0n) is 22.4. The van der Waals surface area contributed by atoms with Crippen LogP contribution in [0.15, 0.2) is 85.2 Å². The fourth-order valence-corrected chi connectivity index (χ4v) is 4.72. The van der Waals surface area contributed by atoms with Crippen molar-refractivity contribution in [1.29, 1.82) is 0 Å². The number of hydrogen-bond acceptors (Lipinski definition) is 6. The number of aryl methyl sites for hydroxylation is 1. The minimum absolute atomic E-state index is 0.450. The smallest absolute Gasteiger partial charge is 0.212 e. The second-order valence-corrected chi connectivity index (χ2v) is 9.55. The first-order chi connectivity index (χ1) is 19.2. The van der Waals surface area contributed by atoms with Gasteiger partial charge in [0.2, 0.25) is 5.95 Å². The summed E-state index contributed by atoms with van der Waals surface area (Å²) in [6.07, 6.45) is 4.50. The highest BCUT2D eigenvalue weighted by molar-refractivity contribution is 5.66. The average molecular weight is 527 g/mol. The van der Waals surface area contributed by atoms with E-state index in [4.69, 9.17) is 9.47 Å². The largest absolute Gasteiger partial charge is 0.378 e. The van der Waals surface area contributed by atoms with Crippen LogP contribution < -0.4 is 9.80 Å². The standard InChI is InChI=1S/C17H20N2O.C15H15FN2O/c1-2-16-6-3-15(13-18-16)14-4-7-17(8-5-14)19-9-11-20-12-10-19;16-15-6-3-13(11-17-15)12-1-4-14(5-2-12)18-7-9-19-10-8-18/h3-8,13H,2,9-12H2,1H3;1-6,11H,7-10H2. The Bertz CT molecular complexity index is 1280. The number of halogens is 1. The lowest BCUT2D eigenvalue weighted by Crippen LogP contribution is -2.36. The van der Waals surface area contributed by atoms with Crippen LogP contribution in [0.3, 0.4) is 0 Å². The molecule has 2 aliphatic rings. The van der Waals surface area contributed by atoms with Crippen LogP contribution in [-0.4, -0.2) is 62.6 Å². The maximum absolute atomic E-state index is 12.8. The van der Waals surface area contributed by atoms with E-state index < -0.39 is 5.95 Å². The number of anilines is 2. The van der Waals surface area contributed by atoms with E-state index in [1.54, 1.807) is 12.3 Å². The normalized spacial score (nSPS) is 15.4. The number of hydrogen-bond donors (Lipinski definition) is 0. The van der Waals surface area contributed by atoms with Crippen molar-refractivity contribution >= 4 is 11.4 Å². The van der Waals surface area contributed by atoms with Gasteiger partial charge in [0.15, 0.2) is 0 Å². The van der Waals surface area contributed by atoms with Crippen LogP contribution in [-0.2, 0) is 15.9 Å². The van der Waals surface area contributed by atoms with Crippen LogP contribution in [0.25, 0.3) is 22.3 Å². The molecule has 2 aliphatic heterocycles. The summed E-state index contributed by atoms with van der Waals surface area (Å²) < 4.78 is 23.5. The van der Waals surface area contributed by atoms with Gasteiger partial charge >= 0.3 is 0 Å². The topological polar surface area (TPSA) is 50.7 Å². The molecule has 6 nitrogen and oxygen atoms in total. The number of nitrogens with zero attached hydrogens (tertiary/aromatic N) is 4. The minimum Gasteiger partial charge on any atom is -0.378 e. The first-order valence-electron chi connectivity index (χ1n) is 13.6. The number of rotatable bonds is 5.